The predicted octanol–water partition coefficient (Wildman–Crippen LogP) is 1.55. The van der Waals surface area contributed by atoms with Crippen LogP contribution in [0.2, 0.25) is 0 Å². The molecule has 0 saturated carbocycles. The van der Waals surface area contributed by atoms with Gasteiger partial charge in [-0.05, 0) is 18.2 Å². The Morgan fingerprint density at radius 2 is 2.35 bits per heavy atom. The molecule has 0 aliphatic carbocycles. The third kappa shape index (κ3) is 2.14. The van der Waals surface area contributed by atoms with Crippen molar-refractivity contribution in [3.8, 4) is 0 Å². The largest absolute Gasteiger partial charge is 0.464 e. The molecule has 0 spiro atoms. The first-order chi connectivity index (χ1) is 8.33. The Bertz CT molecular complexity index is 515. The van der Waals surface area contributed by atoms with Crippen LogP contribution in [0.25, 0.3) is 11.0 Å². The number of furan rings is 1. The molecule has 1 aliphatic heterocycles. The fourth-order valence-corrected chi connectivity index (χ4v) is 2.25. The van der Waals surface area contributed by atoms with E-state index in [4.69, 9.17) is 14.9 Å². The maximum atomic E-state index is 5.80. The number of nitrogens with two attached hydrogens (primary N) is 1. The highest BCUT2D eigenvalue weighted by Gasteiger charge is 2.16. The predicted molar refractivity (Wildman–Crippen MR) is 66.9 cm³/mol. The molecule has 1 aromatic carbocycles. The molecule has 3 N–H and O–H groups in total. The number of morpholine rings is 1. The molecular formula is C13H16N2O2. The molecule has 0 amide bonds. The molecule has 17 heavy (non-hydrogen) atoms. The van der Waals surface area contributed by atoms with E-state index >= 15 is 0 Å². The van der Waals surface area contributed by atoms with Gasteiger partial charge in [-0.1, -0.05) is 0 Å². The third-order valence-corrected chi connectivity index (χ3v) is 3.13. The van der Waals surface area contributed by atoms with Crippen LogP contribution in [0.15, 0.2) is 28.9 Å². The molecular weight excluding hydrogens is 216 g/mol. The van der Waals surface area contributed by atoms with E-state index in [1.807, 2.05) is 24.5 Å². The van der Waals surface area contributed by atoms with Crippen molar-refractivity contribution in [3.05, 3.63) is 30.0 Å². The summed E-state index contributed by atoms with van der Waals surface area (Å²) in [5, 5.41) is 4.42. The van der Waals surface area contributed by atoms with Crippen LogP contribution in [0.3, 0.4) is 0 Å². The zero-order chi connectivity index (χ0) is 11.7. The summed E-state index contributed by atoms with van der Waals surface area (Å²) in [6, 6.07) is 5.73. The van der Waals surface area contributed by atoms with E-state index in [0.29, 0.717) is 0 Å². The maximum absolute atomic E-state index is 5.80. The summed E-state index contributed by atoms with van der Waals surface area (Å²) in [5.74, 6) is 0. The highest BCUT2D eigenvalue weighted by Crippen LogP contribution is 2.25. The molecule has 3 rings (SSSR count). The molecule has 2 heterocycles. The lowest BCUT2D eigenvalue weighted by Gasteiger charge is -2.23. The minimum Gasteiger partial charge on any atom is -0.464 e. The molecule has 1 saturated heterocycles. The molecule has 1 atom stereocenters. The van der Waals surface area contributed by atoms with E-state index < -0.39 is 0 Å². The normalized spacial score (nSPS) is 20.8. The summed E-state index contributed by atoms with van der Waals surface area (Å²) in [5.41, 5.74) is 8.62. The zero-order valence-electron chi connectivity index (χ0n) is 9.61. The van der Waals surface area contributed by atoms with Crippen molar-refractivity contribution in [2.45, 2.75) is 12.5 Å². The molecule has 1 unspecified atom stereocenters. The van der Waals surface area contributed by atoms with Crippen LogP contribution in [0.1, 0.15) is 5.56 Å². The molecule has 1 fully saturated rings. The van der Waals surface area contributed by atoms with E-state index in [1.54, 1.807) is 0 Å². The second-order valence-corrected chi connectivity index (χ2v) is 4.42. The van der Waals surface area contributed by atoms with Gasteiger partial charge >= 0.3 is 0 Å². The molecule has 0 radical (unpaired) electrons. The van der Waals surface area contributed by atoms with Crippen LogP contribution in [0.4, 0.5) is 5.69 Å². The van der Waals surface area contributed by atoms with Crippen LogP contribution in [-0.4, -0.2) is 25.8 Å². The van der Waals surface area contributed by atoms with Gasteiger partial charge in [-0.3, -0.25) is 0 Å². The monoisotopic (exact) mass is 232 g/mol. The van der Waals surface area contributed by atoms with Crippen LogP contribution >= 0.6 is 0 Å². The van der Waals surface area contributed by atoms with E-state index in [-0.39, 0.29) is 6.10 Å². The van der Waals surface area contributed by atoms with Crippen LogP contribution in [0.5, 0.6) is 0 Å². The summed E-state index contributed by atoms with van der Waals surface area (Å²) < 4.78 is 11.2. The third-order valence-electron chi connectivity index (χ3n) is 3.13. The second-order valence-electron chi connectivity index (χ2n) is 4.42. The van der Waals surface area contributed by atoms with Crippen molar-refractivity contribution < 1.29 is 9.15 Å². The Kier molecular flexibility index (Phi) is 2.74. The molecule has 1 aliphatic rings. The zero-order valence-corrected chi connectivity index (χ0v) is 9.61. The first-order valence-electron chi connectivity index (χ1n) is 5.91. The summed E-state index contributed by atoms with van der Waals surface area (Å²) in [4.78, 5) is 0. The van der Waals surface area contributed by atoms with Crippen LogP contribution in [-0.2, 0) is 11.2 Å². The van der Waals surface area contributed by atoms with Crippen molar-refractivity contribution in [1.29, 1.82) is 0 Å². The van der Waals surface area contributed by atoms with Gasteiger partial charge in [-0.25, -0.2) is 0 Å². The second kappa shape index (κ2) is 4.39. The minimum absolute atomic E-state index is 0.228. The Morgan fingerprint density at radius 1 is 1.41 bits per heavy atom. The number of hydrogen-bond acceptors (Lipinski definition) is 4. The van der Waals surface area contributed by atoms with Gasteiger partial charge in [0.15, 0.2) is 0 Å². The number of rotatable bonds is 2. The lowest BCUT2D eigenvalue weighted by atomic mass is 10.1. The van der Waals surface area contributed by atoms with Gasteiger partial charge in [0.2, 0.25) is 0 Å². The highest BCUT2D eigenvalue weighted by molar-refractivity contribution is 5.84. The fourth-order valence-electron chi connectivity index (χ4n) is 2.25. The average molecular weight is 232 g/mol. The van der Waals surface area contributed by atoms with Crippen LogP contribution < -0.4 is 11.1 Å². The molecule has 0 bridgehead atoms. The van der Waals surface area contributed by atoms with Crippen molar-refractivity contribution in [2.75, 3.05) is 25.4 Å². The van der Waals surface area contributed by atoms with Gasteiger partial charge in [-0.2, -0.15) is 0 Å². The summed E-state index contributed by atoms with van der Waals surface area (Å²) in [6.07, 6.45) is 2.90. The van der Waals surface area contributed by atoms with Gasteiger partial charge < -0.3 is 20.2 Å². The van der Waals surface area contributed by atoms with E-state index in [9.17, 15) is 0 Å². The molecule has 4 nitrogen and oxygen atoms in total. The number of ether oxygens (including phenoxy) is 1. The maximum Gasteiger partial charge on any atom is 0.134 e. The summed E-state index contributed by atoms with van der Waals surface area (Å²) in [7, 11) is 0. The molecule has 2 aromatic rings. The van der Waals surface area contributed by atoms with E-state index in [1.165, 1.54) is 5.56 Å². The van der Waals surface area contributed by atoms with Gasteiger partial charge in [0.1, 0.15) is 5.58 Å². The number of hydrogen-bond donors (Lipinski definition) is 2. The van der Waals surface area contributed by atoms with E-state index in [2.05, 4.69) is 5.32 Å². The first-order valence-corrected chi connectivity index (χ1v) is 5.91. The van der Waals surface area contributed by atoms with Crippen LogP contribution in [0, 0.1) is 0 Å². The van der Waals surface area contributed by atoms with Gasteiger partial charge in [-0.15, -0.1) is 0 Å². The lowest BCUT2D eigenvalue weighted by molar-refractivity contribution is 0.0293. The van der Waals surface area contributed by atoms with Gasteiger partial charge in [0, 0.05) is 36.1 Å². The average Bonchev–Trinajstić information content (AvgIpc) is 2.73. The standard InChI is InChI=1S/C13H16N2O2/c14-10-1-2-13-12(6-10)9(8-17-13)5-11-7-15-3-4-16-11/h1-2,6,8,11,15H,3-5,7,14H2. The Morgan fingerprint density at radius 3 is 3.18 bits per heavy atom. The summed E-state index contributed by atoms with van der Waals surface area (Å²) in [6.45, 7) is 2.62. The van der Waals surface area contributed by atoms with Crippen molar-refractivity contribution >= 4 is 16.7 Å². The Hall–Kier alpha value is -1.52. The summed E-state index contributed by atoms with van der Waals surface area (Å²) >= 11 is 0. The van der Waals surface area contributed by atoms with E-state index in [0.717, 1.165) is 42.8 Å². The fraction of sp³-hybridized carbons (Fsp3) is 0.385. The topological polar surface area (TPSA) is 60.4 Å². The Balaban J connectivity index is 1.86. The Labute approximate surface area is 99.7 Å². The number of nitrogen functional groups attached to an aromatic ring is 1. The van der Waals surface area contributed by atoms with Gasteiger partial charge in [0.05, 0.1) is 19.0 Å². The quantitative estimate of drug-likeness (QED) is 0.771. The minimum atomic E-state index is 0.228. The SMILES string of the molecule is Nc1ccc2occ(CC3CNCCO3)c2c1. The van der Waals surface area contributed by atoms with Crippen molar-refractivity contribution in [1.82, 2.24) is 5.32 Å². The highest BCUT2D eigenvalue weighted by atomic mass is 16.5. The van der Waals surface area contributed by atoms with Crippen molar-refractivity contribution in [3.63, 3.8) is 0 Å². The molecule has 1 aromatic heterocycles. The molecule has 4 heteroatoms. The number of benzene rings is 1. The smallest absolute Gasteiger partial charge is 0.134 e. The molecule has 90 valence electrons. The lowest BCUT2D eigenvalue weighted by Crippen LogP contribution is -2.39. The van der Waals surface area contributed by atoms with Gasteiger partial charge in [0.25, 0.3) is 0 Å². The first kappa shape index (κ1) is 10.6. The number of nitrogens with one attached hydrogen (secondary N) is 1. The number of anilines is 1. The van der Waals surface area contributed by atoms with Crippen molar-refractivity contribution in [2.24, 2.45) is 0 Å². The number of fused-ring (bicyclic) bond motifs is 1.